The summed E-state index contributed by atoms with van der Waals surface area (Å²) in [4.78, 5) is 13.3. The number of hydrogen-bond donors (Lipinski definition) is 1. The van der Waals surface area contributed by atoms with Gasteiger partial charge in [-0.3, -0.25) is 4.90 Å². The third-order valence-electron chi connectivity index (χ3n) is 9.73. The van der Waals surface area contributed by atoms with Crippen LogP contribution in [-0.4, -0.2) is 65.5 Å². The molecular formula is C32H25ClF3N7O2S. The number of nitrogens with two attached hydrogens (primary N) is 1. The maximum atomic E-state index is 17.0. The molecule has 3 fully saturated rings. The summed E-state index contributed by atoms with van der Waals surface area (Å²) in [5, 5.41) is 19.7. The number of halogens is 4. The molecule has 4 aliphatic heterocycles. The molecule has 0 spiro atoms. The third kappa shape index (κ3) is 4.15. The summed E-state index contributed by atoms with van der Waals surface area (Å²) < 4.78 is 59.1. The van der Waals surface area contributed by atoms with Gasteiger partial charge in [-0.25, -0.2) is 13.2 Å². The molecule has 4 aliphatic rings. The fourth-order valence-electron chi connectivity index (χ4n) is 7.67. The fourth-order valence-corrected chi connectivity index (χ4v) is 8.95. The van der Waals surface area contributed by atoms with Crippen LogP contribution in [-0.2, 0) is 0 Å². The van der Waals surface area contributed by atoms with Gasteiger partial charge in [0.25, 0.3) is 0 Å². The van der Waals surface area contributed by atoms with E-state index in [1.165, 1.54) is 18.2 Å². The van der Waals surface area contributed by atoms with E-state index in [9.17, 15) is 19.3 Å². The van der Waals surface area contributed by atoms with E-state index in [-0.39, 0.29) is 78.7 Å². The first kappa shape index (κ1) is 29.1. The number of benzene rings is 2. The smallest absolute Gasteiger partial charge is 0.319 e. The summed E-state index contributed by atoms with van der Waals surface area (Å²) >= 11 is 7.87. The van der Waals surface area contributed by atoms with Gasteiger partial charge in [0, 0.05) is 36.5 Å². The van der Waals surface area contributed by atoms with Gasteiger partial charge in [0.1, 0.15) is 47.6 Å². The number of allylic oxidation sites excluding steroid dienone is 1. The van der Waals surface area contributed by atoms with Crippen LogP contribution in [0.4, 0.5) is 24.0 Å². The summed E-state index contributed by atoms with van der Waals surface area (Å²) in [5.41, 5.74) is 6.31. The molecule has 3 atom stereocenters. The quantitative estimate of drug-likeness (QED) is 0.252. The predicted octanol–water partition coefficient (Wildman–Crippen LogP) is 6.27. The van der Waals surface area contributed by atoms with E-state index in [0.29, 0.717) is 31.7 Å². The molecule has 2 N–H and O–H groups in total. The molecule has 0 aliphatic carbocycles. The van der Waals surface area contributed by atoms with Crippen LogP contribution in [0.3, 0.4) is 0 Å². The molecule has 3 saturated heterocycles. The number of fused-ring (bicyclic) bond motifs is 4. The lowest BCUT2D eigenvalue weighted by Gasteiger charge is -2.31. The van der Waals surface area contributed by atoms with E-state index >= 15 is 4.39 Å². The van der Waals surface area contributed by atoms with Crippen molar-refractivity contribution in [3.8, 4) is 35.0 Å². The normalized spacial score (nSPS) is 24.6. The van der Waals surface area contributed by atoms with Crippen LogP contribution in [0.2, 0.25) is 5.02 Å². The van der Waals surface area contributed by atoms with E-state index < -0.39 is 23.3 Å². The van der Waals surface area contributed by atoms with Crippen LogP contribution in [0.15, 0.2) is 23.8 Å². The number of alkyl halides is 1. The van der Waals surface area contributed by atoms with Crippen molar-refractivity contribution in [1.82, 2.24) is 14.9 Å². The Hall–Kier alpha value is -4.30. The molecule has 8 rings (SSSR count). The number of anilines is 2. The lowest BCUT2D eigenvalue weighted by molar-refractivity contribution is 0.107. The van der Waals surface area contributed by atoms with Gasteiger partial charge in [-0.05, 0) is 43.0 Å². The van der Waals surface area contributed by atoms with Crippen molar-refractivity contribution in [3.05, 3.63) is 46.0 Å². The molecule has 234 valence electrons. The molecule has 1 unspecified atom stereocenters. The van der Waals surface area contributed by atoms with Crippen molar-refractivity contribution in [2.75, 3.05) is 43.5 Å². The van der Waals surface area contributed by atoms with Crippen LogP contribution < -0.4 is 20.1 Å². The standard InChI is InChI=1S/C32H25ClF3N7O2S/c33-24-22(17-2-3-19(35)28-21(17)18(11-38)29(39)46-28)25(36)26-23-27(24)44-13-20-15(4-7-37)5-9-43(20)30(23)41-31(40-26)45-14-32-6-1-8-42(32)12-16(34)10-32/h2-4,16,20H,1,5-6,8-10,12-14,39H2/b15-4+/t16-,20?,32+/m1/s1. The highest BCUT2D eigenvalue weighted by atomic mass is 35.5. The molecule has 6 heterocycles. The minimum atomic E-state index is -0.958. The topological polar surface area (TPSA) is 124 Å². The van der Waals surface area contributed by atoms with Crippen molar-refractivity contribution < 1.29 is 22.6 Å². The summed E-state index contributed by atoms with van der Waals surface area (Å²) in [7, 11) is 0. The van der Waals surface area contributed by atoms with Crippen LogP contribution >= 0.6 is 22.9 Å². The average Bonchev–Trinajstić information content (AvgIpc) is 3.75. The number of hydrogen-bond acceptors (Lipinski definition) is 10. The van der Waals surface area contributed by atoms with Crippen LogP contribution in [0.5, 0.6) is 11.8 Å². The van der Waals surface area contributed by atoms with Crippen LogP contribution in [0, 0.1) is 34.3 Å². The molecule has 0 bridgehead atoms. The number of ether oxygens (including phenoxy) is 2. The molecule has 9 nitrogen and oxygen atoms in total. The largest absolute Gasteiger partial charge is 0.489 e. The molecular weight excluding hydrogens is 639 g/mol. The second-order valence-corrected chi connectivity index (χ2v) is 13.6. The molecule has 0 amide bonds. The second-order valence-electron chi connectivity index (χ2n) is 12.1. The summed E-state index contributed by atoms with van der Waals surface area (Å²) in [6, 6.07) is 6.16. The van der Waals surface area contributed by atoms with E-state index in [2.05, 4.69) is 16.0 Å². The first-order chi connectivity index (χ1) is 22.2. The Morgan fingerprint density at radius 3 is 2.89 bits per heavy atom. The summed E-state index contributed by atoms with van der Waals surface area (Å²) in [6.45, 7) is 1.82. The fraction of sp³-hybridized carbons (Fsp3) is 0.375. The number of nitriles is 2. The number of nitrogens with zero attached hydrogens (tertiary/aromatic N) is 6. The SMILES string of the molecule is N#C/C=C1\CCN2c3nc(OC[C@@]45CCCN4C[C@H](F)C5)nc4c(F)c(-c5ccc(F)c6sc(N)c(C#N)c56)c(Cl)c(c34)OCC12. The van der Waals surface area contributed by atoms with Gasteiger partial charge in [-0.1, -0.05) is 17.7 Å². The molecule has 2 aromatic heterocycles. The monoisotopic (exact) mass is 663 g/mol. The first-order valence-electron chi connectivity index (χ1n) is 14.9. The van der Waals surface area contributed by atoms with Crippen molar-refractivity contribution >= 4 is 54.7 Å². The average molecular weight is 664 g/mol. The maximum absolute atomic E-state index is 17.0. The highest BCUT2D eigenvalue weighted by molar-refractivity contribution is 7.23. The molecule has 0 radical (unpaired) electrons. The number of rotatable bonds is 4. The first-order valence-corrected chi connectivity index (χ1v) is 16.1. The van der Waals surface area contributed by atoms with Gasteiger partial charge < -0.3 is 20.1 Å². The van der Waals surface area contributed by atoms with Crippen molar-refractivity contribution in [3.63, 3.8) is 0 Å². The molecule has 14 heteroatoms. The lowest BCUT2D eigenvalue weighted by Crippen LogP contribution is -2.43. The zero-order chi connectivity index (χ0) is 31.9. The molecule has 46 heavy (non-hydrogen) atoms. The Kier molecular flexibility index (Phi) is 6.73. The van der Waals surface area contributed by atoms with E-state index in [1.807, 2.05) is 11.0 Å². The summed E-state index contributed by atoms with van der Waals surface area (Å²) in [6.07, 6.45) is 3.12. The zero-order valence-electron chi connectivity index (χ0n) is 24.2. The Labute approximate surface area is 270 Å². The molecule has 2 aromatic carbocycles. The Bertz CT molecular complexity index is 2090. The van der Waals surface area contributed by atoms with Gasteiger partial charge in [0.15, 0.2) is 11.6 Å². The Morgan fingerprint density at radius 1 is 1.24 bits per heavy atom. The van der Waals surface area contributed by atoms with E-state index in [1.54, 1.807) is 0 Å². The minimum Gasteiger partial charge on any atom is -0.489 e. The molecule has 0 saturated carbocycles. The third-order valence-corrected chi connectivity index (χ3v) is 11.1. The van der Waals surface area contributed by atoms with Crippen molar-refractivity contribution in [2.45, 2.75) is 43.4 Å². The van der Waals surface area contributed by atoms with E-state index in [0.717, 1.165) is 36.3 Å². The number of aromatic nitrogens is 2. The minimum absolute atomic E-state index is 0.0132. The highest BCUT2D eigenvalue weighted by Crippen LogP contribution is 2.52. The zero-order valence-corrected chi connectivity index (χ0v) is 25.8. The van der Waals surface area contributed by atoms with Crippen molar-refractivity contribution in [1.29, 1.82) is 10.5 Å². The maximum Gasteiger partial charge on any atom is 0.319 e. The highest BCUT2D eigenvalue weighted by Gasteiger charge is 2.49. The Balaban J connectivity index is 1.35. The van der Waals surface area contributed by atoms with Crippen LogP contribution in [0.1, 0.15) is 31.2 Å². The van der Waals surface area contributed by atoms with Gasteiger partial charge in [0.05, 0.1) is 38.3 Å². The van der Waals surface area contributed by atoms with Gasteiger partial charge in [-0.15, -0.1) is 11.3 Å². The predicted molar refractivity (Wildman–Crippen MR) is 168 cm³/mol. The second kappa shape index (κ2) is 10.6. The lowest BCUT2D eigenvalue weighted by atomic mass is 9.95. The van der Waals surface area contributed by atoms with Gasteiger partial charge >= 0.3 is 6.01 Å². The molecule has 4 aromatic rings. The summed E-state index contributed by atoms with van der Waals surface area (Å²) in [5.74, 6) is -0.984. The van der Waals surface area contributed by atoms with Crippen molar-refractivity contribution in [2.24, 2.45) is 0 Å². The number of nitrogen functional groups attached to an aromatic ring is 1. The van der Waals surface area contributed by atoms with Gasteiger partial charge in [0.2, 0.25) is 0 Å². The van der Waals surface area contributed by atoms with Gasteiger partial charge in [-0.2, -0.15) is 20.5 Å². The van der Waals surface area contributed by atoms with Crippen LogP contribution in [0.25, 0.3) is 32.1 Å². The number of thiophene rings is 1. The Morgan fingerprint density at radius 2 is 2.09 bits per heavy atom. The van der Waals surface area contributed by atoms with E-state index in [4.69, 9.17) is 31.8 Å².